The molecule has 0 aromatic heterocycles. The third-order valence-electron chi connectivity index (χ3n) is 2.51. The highest BCUT2D eigenvalue weighted by molar-refractivity contribution is 7.90. The topological polar surface area (TPSA) is 63.2 Å². The maximum atomic E-state index is 11.6. The van der Waals surface area contributed by atoms with Crippen LogP contribution in [0.4, 0.5) is 0 Å². The van der Waals surface area contributed by atoms with Crippen LogP contribution in [-0.2, 0) is 10.0 Å². The monoisotopic (exact) mass is 273 g/mol. The lowest BCUT2D eigenvalue weighted by Crippen LogP contribution is -2.33. The summed E-state index contributed by atoms with van der Waals surface area (Å²) in [6.07, 6.45) is 1.85. The van der Waals surface area contributed by atoms with Crippen molar-refractivity contribution >= 4 is 27.5 Å². The van der Waals surface area contributed by atoms with E-state index in [9.17, 15) is 13.2 Å². The minimum absolute atomic E-state index is 0.0341. The van der Waals surface area contributed by atoms with Crippen LogP contribution in [0.25, 0.3) is 0 Å². The molecule has 0 bridgehead atoms. The summed E-state index contributed by atoms with van der Waals surface area (Å²) < 4.78 is 25.2. The second-order valence-electron chi connectivity index (χ2n) is 4.16. The van der Waals surface area contributed by atoms with E-state index in [1.54, 1.807) is 12.1 Å². The van der Waals surface area contributed by atoms with Gasteiger partial charge in [-0.05, 0) is 43.0 Å². The summed E-state index contributed by atoms with van der Waals surface area (Å²) in [7, 11) is -3.51. The second kappa shape index (κ2) is 4.66. The Balaban J connectivity index is 2.02. The Morgan fingerprint density at radius 2 is 1.88 bits per heavy atom. The zero-order valence-electron chi connectivity index (χ0n) is 9.02. The van der Waals surface area contributed by atoms with E-state index in [2.05, 4.69) is 4.72 Å². The van der Waals surface area contributed by atoms with Crippen LogP contribution in [0, 0.1) is 5.92 Å². The van der Waals surface area contributed by atoms with E-state index >= 15 is 0 Å². The number of rotatable bonds is 4. The first-order valence-corrected chi connectivity index (χ1v) is 7.30. The van der Waals surface area contributed by atoms with Gasteiger partial charge in [0.1, 0.15) is 0 Å². The van der Waals surface area contributed by atoms with Crippen molar-refractivity contribution in [3.63, 3.8) is 0 Å². The summed E-state index contributed by atoms with van der Waals surface area (Å²) in [5.74, 6) is -0.361. The smallest absolute Gasteiger partial charge is 0.264 e. The highest BCUT2D eigenvalue weighted by Crippen LogP contribution is 2.29. The number of carbonyl (C=O) groups is 1. The molecule has 1 N–H and O–H groups in total. The van der Waals surface area contributed by atoms with E-state index in [0.717, 1.165) is 12.8 Å². The Morgan fingerprint density at radius 1 is 1.29 bits per heavy atom. The molecule has 1 aliphatic carbocycles. The maximum Gasteiger partial charge on any atom is 0.264 e. The van der Waals surface area contributed by atoms with Crippen LogP contribution in [0.5, 0.6) is 0 Å². The van der Waals surface area contributed by atoms with E-state index in [1.165, 1.54) is 12.1 Å². The van der Waals surface area contributed by atoms with Crippen LogP contribution >= 0.6 is 11.6 Å². The Labute approximate surface area is 105 Å². The van der Waals surface area contributed by atoms with Crippen LogP contribution < -0.4 is 4.72 Å². The van der Waals surface area contributed by atoms with Crippen LogP contribution in [0.15, 0.2) is 24.3 Å². The van der Waals surface area contributed by atoms with Crippen molar-refractivity contribution in [2.24, 2.45) is 5.92 Å². The van der Waals surface area contributed by atoms with E-state index in [-0.39, 0.29) is 17.2 Å². The summed E-state index contributed by atoms with van der Waals surface area (Å²) in [5.41, 5.74) is 0.286. The molecule has 1 amide bonds. The quantitative estimate of drug-likeness (QED) is 0.910. The molecule has 1 saturated carbocycles. The molecule has 0 aliphatic heterocycles. The van der Waals surface area contributed by atoms with E-state index in [0.29, 0.717) is 5.02 Å². The van der Waals surface area contributed by atoms with Crippen LogP contribution in [0.2, 0.25) is 5.02 Å². The fourth-order valence-corrected chi connectivity index (χ4v) is 3.00. The molecule has 0 spiro atoms. The third kappa shape index (κ3) is 3.71. The van der Waals surface area contributed by atoms with Gasteiger partial charge in [0, 0.05) is 10.6 Å². The van der Waals surface area contributed by atoms with E-state index in [4.69, 9.17) is 11.6 Å². The molecule has 4 nitrogen and oxygen atoms in total. The lowest BCUT2D eigenvalue weighted by molar-refractivity contribution is 0.0981. The first-order chi connectivity index (χ1) is 7.96. The Bertz CT molecular complexity index is 520. The molecule has 92 valence electrons. The lowest BCUT2D eigenvalue weighted by Gasteiger charge is -2.06. The van der Waals surface area contributed by atoms with Gasteiger partial charge < -0.3 is 0 Å². The molecule has 0 radical (unpaired) electrons. The summed E-state index contributed by atoms with van der Waals surface area (Å²) in [6, 6.07) is 6.07. The fraction of sp³-hybridized carbons (Fsp3) is 0.364. The molecule has 1 fully saturated rings. The number of benzene rings is 1. The average molecular weight is 274 g/mol. The molecule has 1 aliphatic rings. The predicted octanol–water partition coefficient (Wildman–Crippen LogP) is 1.81. The van der Waals surface area contributed by atoms with Crippen LogP contribution in [-0.4, -0.2) is 20.1 Å². The summed E-state index contributed by atoms with van der Waals surface area (Å²) >= 11 is 5.68. The summed E-state index contributed by atoms with van der Waals surface area (Å²) in [4.78, 5) is 11.6. The van der Waals surface area contributed by atoms with Gasteiger partial charge in [0.2, 0.25) is 10.0 Å². The predicted molar refractivity (Wildman–Crippen MR) is 65.4 cm³/mol. The molecule has 0 heterocycles. The largest absolute Gasteiger partial charge is 0.268 e. The van der Waals surface area contributed by atoms with Gasteiger partial charge in [0.15, 0.2) is 0 Å². The first-order valence-electron chi connectivity index (χ1n) is 5.27. The molecule has 0 unspecified atom stereocenters. The number of halogens is 1. The van der Waals surface area contributed by atoms with Gasteiger partial charge in [-0.2, -0.15) is 0 Å². The average Bonchev–Trinajstić information content (AvgIpc) is 3.00. The Morgan fingerprint density at radius 3 is 2.41 bits per heavy atom. The van der Waals surface area contributed by atoms with Crippen molar-refractivity contribution < 1.29 is 13.2 Å². The molecule has 0 atom stereocenters. The summed E-state index contributed by atoms with van der Waals surface area (Å²) in [6.45, 7) is 0. The molecule has 1 aromatic carbocycles. The van der Waals surface area contributed by atoms with Crippen molar-refractivity contribution in [2.45, 2.75) is 12.8 Å². The van der Waals surface area contributed by atoms with Crippen molar-refractivity contribution in [1.29, 1.82) is 0 Å². The zero-order valence-corrected chi connectivity index (χ0v) is 10.6. The van der Waals surface area contributed by atoms with Gasteiger partial charge >= 0.3 is 0 Å². The van der Waals surface area contributed by atoms with Gasteiger partial charge in [-0.1, -0.05) is 11.6 Å². The molecule has 6 heteroatoms. The summed E-state index contributed by atoms with van der Waals surface area (Å²) in [5, 5.41) is 0.502. The molecule has 2 rings (SSSR count). The minimum Gasteiger partial charge on any atom is -0.268 e. The minimum atomic E-state index is -3.51. The number of nitrogens with one attached hydrogen (secondary N) is 1. The highest BCUT2D eigenvalue weighted by atomic mass is 35.5. The molecular formula is C11H12ClNO3S. The van der Waals surface area contributed by atoms with Crippen molar-refractivity contribution in [3.05, 3.63) is 34.9 Å². The van der Waals surface area contributed by atoms with Gasteiger partial charge in [0.25, 0.3) is 5.91 Å². The van der Waals surface area contributed by atoms with Crippen LogP contribution in [0.1, 0.15) is 23.2 Å². The second-order valence-corrected chi connectivity index (χ2v) is 6.37. The molecular weight excluding hydrogens is 262 g/mol. The standard InChI is InChI=1S/C11H12ClNO3S/c12-10-5-3-9(4-6-10)11(14)13-17(15,16)7-8-1-2-8/h3-6,8H,1-2,7H2,(H,13,14). The zero-order chi connectivity index (χ0) is 12.5. The molecule has 17 heavy (non-hydrogen) atoms. The Hall–Kier alpha value is -1.07. The van der Waals surface area contributed by atoms with Crippen molar-refractivity contribution in [1.82, 2.24) is 4.72 Å². The van der Waals surface area contributed by atoms with Crippen molar-refractivity contribution in [2.75, 3.05) is 5.75 Å². The van der Waals surface area contributed by atoms with Gasteiger partial charge in [-0.3, -0.25) is 4.79 Å². The fourth-order valence-electron chi connectivity index (χ4n) is 1.44. The normalized spacial score (nSPS) is 15.6. The Kier molecular flexibility index (Phi) is 3.40. The van der Waals surface area contributed by atoms with Gasteiger partial charge in [-0.15, -0.1) is 0 Å². The van der Waals surface area contributed by atoms with Crippen molar-refractivity contribution in [3.8, 4) is 0 Å². The van der Waals surface area contributed by atoms with Gasteiger partial charge in [-0.25, -0.2) is 13.1 Å². The third-order valence-corrected chi connectivity index (χ3v) is 4.17. The number of amides is 1. The van der Waals surface area contributed by atoms with Crippen LogP contribution in [0.3, 0.4) is 0 Å². The lowest BCUT2D eigenvalue weighted by atomic mass is 10.2. The molecule has 1 aromatic rings. The SMILES string of the molecule is O=C(NS(=O)(=O)CC1CC1)c1ccc(Cl)cc1. The molecule has 0 saturated heterocycles. The van der Waals surface area contributed by atoms with E-state index in [1.807, 2.05) is 0 Å². The van der Waals surface area contributed by atoms with E-state index < -0.39 is 15.9 Å². The number of sulfonamides is 1. The maximum absolute atomic E-state index is 11.6. The highest BCUT2D eigenvalue weighted by Gasteiger charge is 2.29. The number of hydrogen-bond donors (Lipinski definition) is 1. The first kappa shape index (κ1) is 12.4. The van der Waals surface area contributed by atoms with Gasteiger partial charge in [0.05, 0.1) is 5.75 Å². The number of hydrogen-bond acceptors (Lipinski definition) is 3. The number of carbonyl (C=O) groups excluding carboxylic acids is 1.